The van der Waals surface area contributed by atoms with Gasteiger partial charge < -0.3 is 10.6 Å². The minimum atomic E-state index is -1.25. The average molecular weight is 390 g/mol. The lowest BCUT2D eigenvalue weighted by molar-refractivity contribution is -0.135. The molecule has 4 amide bonds. The maximum atomic E-state index is 13.1. The van der Waals surface area contributed by atoms with Gasteiger partial charge in [-0.05, 0) is 55.0 Å². The zero-order valence-electron chi connectivity index (χ0n) is 16.2. The Labute approximate surface area is 168 Å². The molecule has 1 atom stereocenters. The van der Waals surface area contributed by atoms with Gasteiger partial charge in [0.1, 0.15) is 17.6 Å². The number of fused-ring (bicyclic) bond motifs is 1. The van der Waals surface area contributed by atoms with Gasteiger partial charge in [0.25, 0.3) is 5.91 Å². The van der Waals surface area contributed by atoms with Crippen molar-refractivity contribution in [3.8, 4) is 6.07 Å². The van der Waals surface area contributed by atoms with Crippen LogP contribution in [0.2, 0.25) is 0 Å². The predicted octanol–water partition coefficient (Wildman–Crippen LogP) is 2.56. The molecule has 7 nitrogen and oxygen atoms in total. The van der Waals surface area contributed by atoms with Crippen molar-refractivity contribution in [2.45, 2.75) is 43.7 Å². The first-order valence-electron chi connectivity index (χ1n) is 9.73. The normalized spacial score (nSPS) is 23.1. The number of nitriles is 1. The molecule has 1 aliphatic heterocycles. The zero-order chi connectivity index (χ0) is 20.6. The number of amides is 4. The van der Waals surface area contributed by atoms with Crippen molar-refractivity contribution in [3.05, 3.63) is 48.0 Å². The second-order valence-corrected chi connectivity index (χ2v) is 7.96. The molecule has 2 fully saturated rings. The molecule has 7 heteroatoms. The Kier molecular flexibility index (Phi) is 4.50. The highest BCUT2D eigenvalue weighted by Gasteiger charge is 2.50. The average Bonchev–Trinajstić information content (AvgIpc) is 3.27. The second-order valence-electron chi connectivity index (χ2n) is 7.96. The number of rotatable bonds is 4. The first-order chi connectivity index (χ1) is 13.9. The van der Waals surface area contributed by atoms with Crippen LogP contribution in [0, 0.1) is 11.3 Å². The van der Waals surface area contributed by atoms with E-state index < -0.39 is 35.5 Å². The maximum Gasteiger partial charge on any atom is 0.325 e. The van der Waals surface area contributed by atoms with E-state index in [1.165, 1.54) is 0 Å². The molecule has 2 aromatic rings. The first-order valence-corrected chi connectivity index (χ1v) is 9.73. The van der Waals surface area contributed by atoms with Gasteiger partial charge in [0.05, 0.1) is 6.07 Å². The highest BCUT2D eigenvalue weighted by molar-refractivity contribution is 6.09. The van der Waals surface area contributed by atoms with E-state index >= 15 is 0 Å². The molecular weight excluding hydrogens is 368 g/mol. The van der Waals surface area contributed by atoms with Gasteiger partial charge in [0, 0.05) is 0 Å². The van der Waals surface area contributed by atoms with E-state index in [4.69, 9.17) is 0 Å². The standard InChI is InChI=1S/C22H22N4O3/c1-21(17-9-8-15-6-2-3-7-16(15)12-17)19(28)26(20(29)25-21)13-18(27)24-22(14-23)10-4-5-11-22/h2-3,6-9,12H,4-5,10-11,13H2,1H3,(H,24,27)(H,25,29)/t21-/m0/s1. The molecular formula is C22H22N4O3. The first kappa shape index (κ1) is 18.9. The van der Waals surface area contributed by atoms with Crippen molar-refractivity contribution in [2.24, 2.45) is 0 Å². The lowest BCUT2D eigenvalue weighted by atomic mass is 9.90. The van der Waals surface area contributed by atoms with Crippen LogP contribution in [0.3, 0.4) is 0 Å². The van der Waals surface area contributed by atoms with E-state index in [9.17, 15) is 19.6 Å². The molecule has 0 radical (unpaired) electrons. The van der Waals surface area contributed by atoms with Crippen molar-refractivity contribution in [2.75, 3.05) is 6.54 Å². The Hall–Kier alpha value is -3.40. The van der Waals surface area contributed by atoms with Crippen molar-refractivity contribution in [1.29, 1.82) is 5.26 Å². The molecule has 0 spiro atoms. The molecule has 0 unspecified atom stereocenters. The Bertz CT molecular complexity index is 1050. The zero-order valence-corrected chi connectivity index (χ0v) is 16.2. The van der Waals surface area contributed by atoms with Crippen LogP contribution in [0.15, 0.2) is 42.5 Å². The summed E-state index contributed by atoms with van der Waals surface area (Å²) in [5, 5.41) is 16.9. The predicted molar refractivity (Wildman–Crippen MR) is 106 cm³/mol. The molecule has 1 heterocycles. The highest BCUT2D eigenvalue weighted by atomic mass is 16.2. The summed E-state index contributed by atoms with van der Waals surface area (Å²) < 4.78 is 0. The lowest BCUT2D eigenvalue weighted by Gasteiger charge is -2.24. The molecule has 1 saturated heterocycles. The number of nitrogens with zero attached hydrogens (tertiary/aromatic N) is 2. The number of imide groups is 1. The van der Waals surface area contributed by atoms with Crippen LogP contribution in [0.25, 0.3) is 10.8 Å². The minimum absolute atomic E-state index is 0.405. The van der Waals surface area contributed by atoms with E-state index in [1.807, 2.05) is 42.5 Å². The van der Waals surface area contributed by atoms with E-state index in [2.05, 4.69) is 16.7 Å². The van der Waals surface area contributed by atoms with Gasteiger partial charge in [0.15, 0.2) is 0 Å². The smallest absolute Gasteiger partial charge is 0.325 e. The van der Waals surface area contributed by atoms with Crippen LogP contribution in [0.1, 0.15) is 38.2 Å². The van der Waals surface area contributed by atoms with Gasteiger partial charge >= 0.3 is 6.03 Å². The van der Waals surface area contributed by atoms with Crippen LogP contribution in [-0.4, -0.2) is 34.8 Å². The topological polar surface area (TPSA) is 102 Å². The van der Waals surface area contributed by atoms with Crippen molar-refractivity contribution < 1.29 is 14.4 Å². The summed E-state index contributed by atoms with van der Waals surface area (Å²) in [6.07, 6.45) is 2.92. The number of carbonyl (C=O) groups is 3. The number of nitrogens with one attached hydrogen (secondary N) is 2. The van der Waals surface area contributed by atoms with Gasteiger partial charge in [-0.25, -0.2) is 4.79 Å². The summed E-state index contributed by atoms with van der Waals surface area (Å²) in [6.45, 7) is 1.24. The number of carbonyl (C=O) groups excluding carboxylic acids is 3. The fraction of sp³-hybridized carbons (Fsp3) is 0.364. The Morgan fingerprint density at radius 3 is 2.55 bits per heavy atom. The summed E-state index contributed by atoms with van der Waals surface area (Å²) in [7, 11) is 0. The van der Waals surface area contributed by atoms with Gasteiger partial charge in [-0.3, -0.25) is 14.5 Å². The molecule has 4 rings (SSSR count). The molecule has 29 heavy (non-hydrogen) atoms. The molecule has 1 saturated carbocycles. The Morgan fingerprint density at radius 1 is 1.17 bits per heavy atom. The van der Waals surface area contributed by atoms with E-state index in [-0.39, 0.29) is 0 Å². The number of benzene rings is 2. The number of hydrogen-bond acceptors (Lipinski definition) is 4. The fourth-order valence-electron chi connectivity index (χ4n) is 4.23. The maximum absolute atomic E-state index is 13.1. The third kappa shape index (κ3) is 3.21. The molecule has 2 aliphatic rings. The summed E-state index contributed by atoms with van der Waals surface area (Å²) in [5.41, 5.74) is -1.48. The van der Waals surface area contributed by atoms with E-state index in [0.29, 0.717) is 18.4 Å². The molecule has 1 aliphatic carbocycles. The summed E-state index contributed by atoms with van der Waals surface area (Å²) in [6, 6.07) is 14.9. The van der Waals surface area contributed by atoms with Gasteiger partial charge in [-0.15, -0.1) is 0 Å². The largest absolute Gasteiger partial charge is 0.336 e. The van der Waals surface area contributed by atoms with Crippen LogP contribution in [0.5, 0.6) is 0 Å². The number of hydrogen-bond donors (Lipinski definition) is 2. The third-order valence-electron chi connectivity index (χ3n) is 5.95. The van der Waals surface area contributed by atoms with Crippen LogP contribution in [-0.2, 0) is 15.1 Å². The van der Waals surface area contributed by atoms with Crippen molar-refractivity contribution >= 4 is 28.6 Å². The van der Waals surface area contributed by atoms with Gasteiger partial charge in [-0.1, -0.05) is 36.4 Å². The molecule has 2 N–H and O–H groups in total. The molecule has 0 aromatic heterocycles. The molecule has 2 aromatic carbocycles. The Morgan fingerprint density at radius 2 is 1.86 bits per heavy atom. The van der Waals surface area contributed by atoms with Crippen LogP contribution < -0.4 is 10.6 Å². The van der Waals surface area contributed by atoms with Crippen molar-refractivity contribution in [1.82, 2.24) is 15.5 Å². The summed E-state index contributed by atoms with van der Waals surface area (Å²) >= 11 is 0. The monoisotopic (exact) mass is 390 g/mol. The third-order valence-corrected chi connectivity index (χ3v) is 5.95. The molecule has 148 valence electrons. The number of urea groups is 1. The quantitative estimate of drug-likeness (QED) is 0.783. The van der Waals surface area contributed by atoms with Gasteiger partial charge in [0.2, 0.25) is 5.91 Å². The molecule has 0 bridgehead atoms. The summed E-state index contributed by atoms with van der Waals surface area (Å²) in [5.74, 6) is -0.981. The minimum Gasteiger partial charge on any atom is -0.336 e. The highest BCUT2D eigenvalue weighted by Crippen LogP contribution is 2.32. The second kappa shape index (κ2) is 6.89. The van der Waals surface area contributed by atoms with Crippen molar-refractivity contribution in [3.63, 3.8) is 0 Å². The summed E-state index contributed by atoms with van der Waals surface area (Å²) in [4.78, 5) is 39.0. The van der Waals surface area contributed by atoms with Crippen LogP contribution >= 0.6 is 0 Å². The SMILES string of the molecule is C[C@@]1(c2ccc3ccccc3c2)NC(=O)N(CC(=O)NC2(C#N)CCCC2)C1=O. The fourth-order valence-corrected chi connectivity index (χ4v) is 4.23. The van der Waals surface area contributed by atoms with Gasteiger partial charge in [-0.2, -0.15) is 5.26 Å². The lowest BCUT2D eigenvalue weighted by Crippen LogP contribution is -2.50. The Balaban J connectivity index is 1.54. The van der Waals surface area contributed by atoms with Crippen LogP contribution in [0.4, 0.5) is 4.79 Å². The van der Waals surface area contributed by atoms with E-state index in [0.717, 1.165) is 28.5 Å². The van der Waals surface area contributed by atoms with E-state index in [1.54, 1.807) is 6.92 Å².